The topological polar surface area (TPSA) is 75.7 Å². The fourth-order valence-corrected chi connectivity index (χ4v) is 2.95. The van der Waals surface area contributed by atoms with Crippen molar-refractivity contribution in [3.63, 3.8) is 0 Å². The third-order valence-electron chi connectivity index (χ3n) is 3.82. The predicted molar refractivity (Wildman–Crippen MR) is 92.5 cm³/mol. The van der Waals surface area contributed by atoms with Gasteiger partial charge in [-0.2, -0.15) is 0 Å². The maximum Gasteiger partial charge on any atom is 0.308 e. The van der Waals surface area contributed by atoms with E-state index >= 15 is 0 Å². The van der Waals surface area contributed by atoms with Gasteiger partial charge in [0.05, 0.1) is 18.6 Å². The fourth-order valence-electron chi connectivity index (χ4n) is 2.50. The molecule has 24 heavy (non-hydrogen) atoms. The van der Waals surface area contributed by atoms with Gasteiger partial charge in [0.1, 0.15) is 6.04 Å². The van der Waals surface area contributed by atoms with Gasteiger partial charge >= 0.3 is 5.97 Å². The largest absolute Gasteiger partial charge is 0.466 e. The summed E-state index contributed by atoms with van der Waals surface area (Å²) in [7, 11) is 0. The van der Waals surface area contributed by atoms with Crippen molar-refractivity contribution in [3.05, 3.63) is 34.3 Å². The summed E-state index contributed by atoms with van der Waals surface area (Å²) in [5, 5.41) is 2.70. The second-order valence-corrected chi connectivity index (χ2v) is 6.42. The summed E-state index contributed by atoms with van der Waals surface area (Å²) in [6.07, 6.45) is 1.57. The molecule has 0 bridgehead atoms. The van der Waals surface area contributed by atoms with Crippen LogP contribution in [0.2, 0.25) is 0 Å². The molecule has 6 nitrogen and oxygen atoms in total. The number of hydrogen-bond donors (Lipinski definition) is 1. The van der Waals surface area contributed by atoms with Crippen LogP contribution in [0, 0.1) is 0 Å². The number of ether oxygens (including phenoxy) is 1. The van der Waals surface area contributed by atoms with Crippen LogP contribution in [0.15, 0.2) is 28.7 Å². The fraction of sp³-hybridized carbons (Fsp3) is 0.471. The molecule has 1 aromatic rings. The molecule has 0 aromatic heterocycles. The molecule has 1 N–H and O–H groups in total. The van der Waals surface area contributed by atoms with E-state index in [4.69, 9.17) is 4.74 Å². The zero-order chi connectivity index (χ0) is 17.5. The quantitative estimate of drug-likeness (QED) is 0.590. The molecule has 1 saturated heterocycles. The summed E-state index contributed by atoms with van der Waals surface area (Å²) in [6.45, 7) is 3.07. The number of benzene rings is 1. The van der Waals surface area contributed by atoms with Crippen molar-refractivity contribution in [2.75, 3.05) is 19.7 Å². The van der Waals surface area contributed by atoms with Gasteiger partial charge in [0.15, 0.2) is 0 Å². The molecular formula is C17H21BrN2O4. The van der Waals surface area contributed by atoms with Gasteiger partial charge in [-0.05, 0) is 34.5 Å². The van der Waals surface area contributed by atoms with Crippen LogP contribution in [0.25, 0.3) is 0 Å². The lowest BCUT2D eigenvalue weighted by Gasteiger charge is -2.34. The smallest absolute Gasteiger partial charge is 0.308 e. The Hall–Kier alpha value is -1.89. The molecule has 1 aromatic carbocycles. The van der Waals surface area contributed by atoms with Gasteiger partial charge in [0, 0.05) is 17.6 Å². The van der Waals surface area contributed by atoms with Crippen molar-refractivity contribution in [1.82, 2.24) is 10.2 Å². The van der Waals surface area contributed by atoms with Crippen LogP contribution in [-0.2, 0) is 14.3 Å². The lowest BCUT2D eigenvalue weighted by molar-refractivity contribution is -0.147. The van der Waals surface area contributed by atoms with Crippen LogP contribution in [0.4, 0.5) is 0 Å². The molecule has 1 aliphatic heterocycles. The summed E-state index contributed by atoms with van der Waals surface area (Å²) in [6, 6.07) is 6.19. The SMILES string of the molecule is CCCCOC(=O)CC1C(=O)NCCN1C(=O)c1ccccc1Br. The molecule has 0 aliphatic carbocycles. The molecule has 1 heterocycles. The average Bonchev–Trinajstić information content (AvgIpc) is 2.57. The second-order valence-electron chi connectivity index (χ2n) is 5.56. The molecule has 1 aliphatic rings. The first-order valence-electron chi connectivity index (χ1n) is 8.03. The predicted octanol–water partition coefficient (Wildman–Crippen LogP) is 2.12. The Labute approximate surface area is 149 Å². The van der Waals surface area contributed by atoms with Crippen molar-refractivity contribution < 1.29 is 19.1 Å². The number of amides is 2. The van der Waals surface area contributed by atoms with E-state index in [1.807, 2.05) is 13.0 Å². The molecular weight excluding hydrogens is 376 g/mol. The van der Waals surface area contributed by atoms with Gasteiger partial charge in [0.25, 0.3) is 5.91 Å². The van der Waals surface area contributed by atoms with Crippen molar-refractivity contribution >= 4 is 33.7 Å². The minimum Gasteiger partial charge on any atom is -0.466 e. The van der Waals surface area contributed by atoms with Crippen LogP contribution in [0.3, 0.4) is 0 Å². The van der Waals surface area contributed by atoms with E-state index in [1.165, 1.54) is 4.90 Å². The molecule has 2 amide bonds. The first kappa shape index (κ1) is 18.4. The van der Waals surface area contributed by atoms with E-state index in [-0.39, 0.29) is 18.2 Å². The highest BCUT2D eigenvalue weighted by Crippen LogP contribution is 2.21. The Morgan fingerprint density at radius 3 is 2.83 bits per heavy atom. The Morgan fingerprint density at radius 1 is 1.38 bits per heavy atom. The first-order chi connectivity index (χ1) is 11.5. The lowest BCUT2D eigenvalue weighted by atomic mass is 10.1. The van der Waals surface area contributed by atoms with Crippen LogP contribution in [-0.4, -0.2) is 48.4 Å². The van der Waals surface area contributed by atoms with Crippen LogP contribution in [0.1, 0.15) is 36.5 Å². The van der Waals surface area contributed by atoms with E-state index in [1.54, 1.807) is 18.2 Å². The minimum absolute atomic E-state index is 0.133. The number of nitrogens with zero attached hydrogens (tertiary/aromatic N) is 1. The van der Waals surface area contributed by atoms with Gasteiger partial charge in [-0.15, -0.1) is 0 Å². The van der Waals surface area contributed by atoms with Gasteiger partial charge in [-0.25, -0.2) is 0 Å². The molecule has 0 radical (unpaired) electrons. The molecule has 0 saturated carbocycles. The molecule has 1 unspecified atom stereocenters. The molecule has 1 fully saturated rings. The standard InChI is InChI=1S/C17H21BrN2O4/c1-2-3-10-24-15(21)11-14-16(22)19-8-9-20(14)17(23)12-6-4-5-7-13(12)18/h4-7,14H,2-3,8-11H2,1H3,(H,19,22). The first-order valence-corrected chi connectivity index (χ1v) is 8.82. The highest BCUT2D eigenvalue weighted by atomic mass is 79.9. The third-order valence-corrected chi connectivity index (χ3v) is 4.51. The monoisotopic (exact) mass is 396 g/mol. The number of hydrogen-bond acceptors (Lipinski definition) is 4. The summed E-state index contributed by atoms with van der Waals surface area (Å²) in [5.41, 5.74) is 0.469. The average molecular weight is 397 g/mol. The van der Waals surface area contributed by atoms with Gasteiger partial charge in [-0.1, -0.05) is 25.5 Å². The van der Waals surface area contributed by atoms with E-state index in [0.717, 1.165) is 12.8 Å². The van der Waals surface area contributed by atoms with Crippen LogP contribution >= 0.6 is 15.9 Å². The Balaban J connectivity index is 2.11. The van der Waals surface area contributed by atoms with Gasteiger partial charge in [-0.3, -0.25) is 14.4 Å². The van der Waals surface area contributed by atoms with Gasteiger partial charge < -0.3 is 15.0 Å². The highest BCUT2D eigenvalue weighted by Gasteiger charge is 2.36. The van der Waals surface area contributed by atoms with E-state index in [2.05, 4.69) is 21.2 Å². The summed E-state index contributed by atoms with van der Waals surface area (Å²) >= 11 is 3.35. The van der Waals surface area contributed by atoms with Crippen molar-refractivity contribution in [2.45, 2.75) is 32.2 Å². The number of nitrogens with one attached hydrogen (secondary N) is 1. The maximum atomic E-state index is 12.8. The molecule has 2 rings (SSSR count). The van der Waals surface area contributed by atoms with Crippen LogP contribution < -0.4 is 5.32 Å². The normalized spacial score (nSPS) is 17.3. The number of esters is 1. The third kappa shape index (κ3) is 4.56. The summed E-state index contributed by atoms with van der Waals surface area (Å²) in [4.78, 5) is 38.3. The Morgan fingerprint density at radius 2 is 2.12 bits per heavy atom. The second kappa shape index (κ2) is 8.82. The number of rotatable bonds is 6. The van der Waals surface area contributed by atoms with Gasteiger partial charge in [0.2, 0.25) is 5.91 Å². The summed E-state index contributed by atoms with van der Waals surface area (Å²) in [5.74, 6) is -1.06. The molecule has 130 valence electrons. The zero-order valence-electron chi connectivity index (χ0n) is 13.6. The van der Waals surface area contributed by atoms with Crippen molar-refractivity contribution in [3.8, 4) is 0 Å². The summed E-state index contributed by atoms with van der Waals surface area (Å²) < 4.78 is 5.78. The number of carbonyl (C=O) groups is 3. The van der Waals surface area contributed by atoms with E-state index in [0.29, 0.717) is 29.7 Å². The number of halogens is 1. The van der Waals surface area contributed by atoms with E-state index in [9.17, 15) is 14.4 Å². The minimum atomic E-state index is -0.840. The highest BCUT2D eigenvalue weighted by molar-refractivity contribution is 9.10. The Bertz CT molecular complexity index is 620. The van der Waals surface area contributed by atoms with Crippen molar-refractivity contribution in [1.29, 1.82) is 0 Å². The lowest BCUT2D eigenvalue weighted by Crippen LogP contribution is -2.57. The van der Waals surface area contributed by atoms with E-state index < -0.39 is 12.0 Å². The number of unbranched alkanes of at least 4 members (excludes halogenated alkanes) is 1. The zero-order valence-corrected chi connectivity index (χ0v) is 15.2. The molecule has 7 heteroatoms. The number of piperazine rings is 1. The van der Waals surface area contributed by atoms with Crippen LogP contribution in [0.5, 0.6) is 0 Å². The maximum absolute atomic E-state index is 12.8. The molecule has 0 spiro atoms. The molecule has 1 atom stereocenters. The number of carbonyl (C=O) groups excluding carboxylic acids is 3. The Kier molecular flexibility index (Phi) is 6.78. The van der Waals surface area contributed by atoms with Crippen molar-refractivity contribution in [2.24, 2.45) is 0 Å².